The van der Waals surface area contributed by atoms with Gasteiger partial charge in [-0.2, -0.15) is 0 Å². The van der Waals surface area contributed by atoms with Gasteiger partial charge in [-0.3, -0.25) is 4.79 Å². The molecular weight excluding hydrogens is 356 g/mol. The lowest BCUT2D eigenvalue weighted by atomic mass is 9.77. The number of Topliss-reactive ketones (excluding diaryl/α,β-unsaturated/α-hetero) is 1. The first-order valence-corrected chi connectivity index (χ1v) is 10.6. The van der Waals surface area contributed by atoms with Crippen LogP contribution in [-0.4, -0.2) is 48.7 Å². The SMILES string of the molecule is CC[C@@H](OC)C(C)(O)C[C@@H](C)C(=O)[C@H](C)CC(C)(C[C@@H](C)CC(C)C=O)OC. The van der Waals surface area contributed by atoms with Crippen molar-refractivity contribution in [2.24, 2.45) is 23.7 Å². The summed E-state index contributed by atoms with van der Waals surface area (Å²) < 4.78 is 11.2. The zero-order valence-corrected chi connectivity index (χ0v) is 19.6. The number of methoxy groups -OCH3 is 2. The zero-order valence-electron chi connectivity index (χ0n) is 19.6. The van der Waals surface area contributed by atoms with Crippen LogP contribution in [0.15, 0.2) is 0 Å². The minimum Gasteiger partial charge on any atom is -0.387 e. The van der Waals surface area contributed by atoms with Gasteiger partial charge in [0.25, 0.3) is 0 Å². The molecule has 28 heavy (non-hydrogen) atoms. The standard InChI is InChI=1S/C23H44O5/c1-10-20(27-8)23(7,26)14-19(5)21(25)18(4)13-22(6,28-9)12-16(2)11-17(3)15-24/h15-20,26H,10-14H2,1-9H3/t16-,17?,18+,19+,20+,22?,23?/m0/s1. The van der Waals surface area contributed by atoms with Gasteiger partial charge in [-0.15, -0.1) is 0 Å². The van der Waals surface area contributed by atoms with E-state index in [2.05, 4.69) is 6.92 Å². The monoisotopic (exact) mass is 400 g/mol. The van der Waals surface area contributed by atoms with E-state index in [0.717, 1.165) is 19.1 Å². The maximum absolute atomic E-state index is 13.0. The molecule has 0 radical (unpaired) electrons. The molecule has 0 bridgehead atoms. The number of aldehydes is 1. The maximum Gasteiger partial charge on any atom is 0.138 e. The van der Waals surface area contributed by atoms with Crippen LogP contribution in [-0.2, 0) is 19.1 Å². The van der Waals surface area contributed by atoms with E-state index in [1.807, 2.05) is 34.6 Å². The fourth-order valence-electron chi connectivity index (χ4n) is 4.71. The third-order valence-electron chi connectivity index (χ3n) is 6.06. The van der Waals surface area contributed by atoms with E-state index in [4.69, 9.17) is 9.47 Å². The summed E-state index contributed by atoms with van der Waals surface area (Å²) in [5, 5.41) is 10.7. The van der Waals surface area contributed by atoms with Crippen molar-refractivity contribution < 1.29 is 24.2 Å². The molecule has 0 aliphatic carbocycles. The zero-order chi connectivity index (χ0) is 22.1. The van der Waals surface area contributed by atoms with Crippen molar-refractivity contribution in [2.45, 2.75) is 97.9 Å². The molecule has 0 aliphatic rings. The molecule has 0 saturated heterocycles. The van der Waals surface area contributed by atoms with Crippen molar-refractivity contribution in [3.8, 4) is 0 Å². The predicted molar refractivity (Wildman–Crippen MR) is 113 cm³/mol. The molecular formula is C23H44O5. The third-order valence-corrected chi connectivity index (χ3v) is 6.06. The fraction of sp³-hybridized carbons (Fsp3) is 0.913. The Bertz CT molecular complexity index is 472. The Hall–Kier alpha value is -0.780. The molecule has 0 aliphatic heterocycles. The summed E-state index contributed by atoms with van der Waals surface area (Å²) in [5.74, 6) is 0.0719. The van der Waals surface area contributed by atoms with Crippen LogP contribution in [0.25, 0.3) is 0 Å². The number of hydrogen-bond donors (Lipinski definition) is 1. The van der Waals surface area contributed by atoms with Crippen LogP contribution < -0.4 is 0 Å². The molecule has 0 aromatic carbocycles. The highest BCUT2D eigenvalue weighted by Gasteiger charge is 2.37. The summed E-state index contributed by atoms with van der Waals surface area (Å²) in [6, 6.07) is 0. The summed E-state index contributed by atoms with van der Waals surface area (Å²) in [6.07, 6.45) is 4.01. The van der Waals surface area contributed by atoms with E-state index in [1.165, 1.54) is 0 Å². The molecule has 0 heterocycles. The summed E-state index contributed by atoms with van der Waals surface area (Å²) in [4.78, 5) is 23.9. The molecule has 0 fully saturated rings. The third kappa shape index (κ3) is 8.71. The molecule has 5 heteroatoms. The number of carbonyl (C=O) groups is 2. The largest absolute Gasteiger partial charge is 0.387 e. The highest BCUT2D eigenvalue weighted by molar-refractivity contribution is 5.83. The van der Waals surface area contributed by atoms with Gasteiger partial charge < -0.3 is 19.4 Å². The van der Waals surface area contributed by atoms with Gasteiger partial charge in [0.1, 0.15) is 12.1 Å². The van der Waals surface area contributed by atoms with Gasteiger partial charge in [0.05, 0.1) is 17.3 Å². The van der Waals surface area contributed by atoms with Gasteiger partial charge in [0.15, 0.2) is 0 Å². The van der Waals surface area contributed by atoms with E-state index < -0.39 is 11.2 Å². The van der Waals surface area contributed by atoms with Gasteiger partial charge in [0.2, 0.25) is 0 Å². The molecule has 7 atom stereocenters. The molecule has 0 saturated carbocycles. The molecule has 0 rings (SSSR count). The van der Waals surface area contributed by atoms with Crippen LogP contribution in [0.5, 0.6) is 0 Å². The first-order chi connectivity index (χ1) is 12.9. The van der Waals surface area contributed by atoms with Crippen molar-refractivity contribution in [3.05, 3.63) is 0 Å². The van der Waals surface area contributed by atoms with E-state index in [-0.39, 0.29) is 29.6 Å². The number of ether oxygens (including phenoxy) is 2. The van der Waals surface area contributed by atoms with Crippen molar-refractivity contribution >= 4 is 12.1 Å². The molecule has 0 aromatic heterocycles. The highest BCUT2D eigenvalue weighted by Crippen LogP contribution is 2.33. The van der Waals surface area contributed by atoms with Gasteiger partial charge in [0, 0.05) is 32.0 Å². The van der Waals surface area contributed by atoms with Gasteiger partial charge in [-0.1, -0.05) is 34.6 Å². The minimum atomic E-state index is -1.04. The number of hydrogen-bond acceptors (Lipinski definition) is 5. The van der Waals surface area contributed by atoms with E-state index >= 15 is 0 Å². The van der Waals surface area contributed by atoms with Crippen LogP contribution in [0.4, 0.5) is 0 Å². The molecule has 3 unspecified atom stereocenters. The highest BCUT2D eigenvalue weighted by atomic mass is 16.5. The Morgan fingerprint density at radius 2 is 1.57 bits per heavy atom. The number of ketones is 1. The van der Waals surface area contributed by atoms with Crippen LogP contribution in [0.3, 0.4) is 0 Å². The lowest BCUT2D eigenvalue weighted by molar-refractivity contribution is -0.135. The summed E-state index contributed by atoms with van der Waals surface area (Å²) in [7, 11) is 3.28. The molecule has 166 valence electrons. The fourth-order valence-corrected chi connectivity index (χ4v) is 4.71. The topological polar surface area (TPSA) is 72.8 Å². The maximum atomic E-state index is 13.0. The molecule has 5 nitrogen and oxygen atoms in total. The van der Waals surface area contributed by atoms with Gasteiger partial charge in [-0.05, 0) is 51.9 Å². The summed E-state index contributed by atoms with van der Waals surface area (Å²) >= 11 is 0. The number of carbonyl (C=O) groups excluding carboxylic acids is 2. The van der Waals surface area contributed by atoms with Crippen molar-refractivity contribution in [2.75, 3.05) is 14.2 Å². The Labute approximate surface area is 172 Å². The van der Waals surface area contributed by atoms with Crippen molar-refractivity contribution in [3.63, 3.8) is 0 Å². The molecule has 0 amide bonds. The normalized spacial score (nSPS) is 21.6. The van der Waals surface area contributed by atoms with Crippen LogP contribution >= 0.6 is 0 Å². The first kappa shape index (κ1) is 27.2. The van der Waals surface area contributed by atoms with Crippen LogP contribution in [0.1, 0.15) is 80.6 Å². The smallest absolute Gasteiger partial charge is 0.138 e. The van der Waals surface area contributed by atoms with Crippen molar-refractivity contribution in [1.82, 2.24) is 0 Å². The van der Waals surface area contributed by atoms with Crippen LogP contribution in [0, 0.1) is 23.7 Å². The quantitative estimate of drug-likeness (QED) is 0.411. The van der Waals surface area contributed by atoms with Crippen molar-refractivity contribution in [1.29, 1.82) is 0 Å². The summed E-state index contributed by atoms with van der Waals surface area (Å²) in [5.41, 5.74) is -1.46. The lowest BCUT2D eigenvalue weighted by Gasteiger charge is -2.36. The Morgan fingerprint density at radius 1 is 1.04 bits per heavy atom. The average Bonchev–Trinajstić information content (AvgIpc) is 2.60. The van der Waals surface area contributed by atoms with Crippen LogP contribution in [0.2, 0.25) is 0 Å². The Kier molecular flexibility index (Phi) is 11.7. The van der Waals surface area contributed by atoms with E-state index in [1.54, 1.807) is 21.1 Å². The number of aliphatic hydroxyl groups is 1. The first-order valence-electron chi connectivity index (χ1n) is 10.6. The van der Waals surface area contributed by atoms with E-state index in [9.17, 15) is 14.7 Å². The lowest BCUT2D eigenvalue weighted by Crippen LogP contribution is -2.43. The predicted octanol–water partition coefficient (Wildman–Crippen LogP) is 4.44. The molecule has 0 aromatic rings. The molecule has 0 spiro atoms. The van der Waals surface area contributed by atoms with Gasteiger partial charge in [-0.25, -0.2) is 0 Å². The second-order valence-electron chi connectivity index (χ2n) is 9.41. The Morgan fingerprint density at radius 3 is 2.00 bits per heavy atom. The second-order valence-corrected chi connectivity index (χ2v) is 9.41. The summed E-state index contributed by atoms with van der Waals surface area (Å²) in [6.45, 7) is 13.6. The van der Waals surface area contributed by atoms with E-state index in [0.29, 0.717) is 25.2 Å². The Balaban J connectivity index is 4.97. The molecule has 1 N–H and O–H groups in total. The average molecular weight is 401 g/mol. The number of rotatable bonds is 15. The minimum absolute atomic E-state index is 0.0321. The second kappa shape index (κ2) is 12.0. The van der Waals surface area contributed by atoms with Gasteiger partial charge >= 0.3 is 0 Å².